The summed E-state index contributed by atoms with van der Waals surface area (Å²) in [4.78, 5) is 31.1. The van der Waals surface area contributed by atoms with Crippen LogP contribution in [-0.4, -0.2) is 53.5 Å². The van der Waals surface area contributed by atoms with Gasteiger partial charge >= 0.3 is 0 Å². The predicted molar refractivity (Wildman–Crippen MR) is 96.6 cm³/mol. The summed E-state index contributed by atoms with van der Waals surface area (Å²) in [5.74, 6) is 0.867. The van der Waals surface area contributed by atoms with E-state index in [-0.39, 0.29) is 17.9 Å². The molecule has 6 heteroatoms. The Bertz CT molecular complexity index is 671. The smallest absolute Gasteiger partial charge is 0.255 e. The van der Waals surface area contributed by atoms with Crippen LogP contribution < -0.4 is 5.32 Å². The molecule has 140 valence electrons. The Hall–Kier alpha value is -1.95. The van der Waals surface area contributed by atoms with Crippen molar-refractivity contribution in [2.24, 2.45) is 11.8 Å². The third-order valence-electron chi connectivity index (χ3n) is 5.84. The van der Waals surface area contributed by atoms with Crippen LogP contribution in [-0.2, 0) is 16.0 Å². The summed E-state index contributed by atoms with van der Waals surface area (Å²) in [6.45, 7) is 4.12. The van der Waals surface area contributed by atoms with E-state index in [1.807, 2.05) is 17.0 Å². The fourth-order valence-corrected chi connectivity index (χ4v) is 4.12. The number of hydrogen-bond acceptors (Lipinski definition) is 4. The van der Waals surface area contributed by atoms with Gasteiger partial charge in [-0.1, -0.05) is 6.92 Å². The van der Waals surface area contributed by atoms with Crippen LogP contribution in [0.2, 0.25) is 0 Å². The van der Waals surface area contributed by atoms with E-state index < -0.39 is 0 Å². The molecule has 0 aromatic carbocycles. The molecule has 3 heterocycles. The Morgan fingerprint density at radius 1 is 1.31 bits per heavy atom. The van der Waals surface area contributed by atoms with Crippen molar-refractivity contribution in [1.82, 2.24) is 15.2 Å². The zero-order valence-electron chi connectivity index (χ0n) is 15.3. The summed E-state index contributed by atoms with van der Waals surface area (Å²) in [7, 11) is 0. The maximum atomic E-state index is 12.8. The van der Waals surface area contributed by atoms with Gasteiger partial charge < -0.3 is 15.0 Å². The van der Waals surface area contributed by atoms with Crippen LogP contribution in [0.15, 0.2) is 18.3 Å². The molecule has 3 aliphatic rings. The van der Waals surface area contributed by atoms with E-state index in [1.54, 1.807) is 6.20 Å². The van der Waals surface area contributed by atoms with E-state index in [2.05, 4.69) is 17.2 Å². The number of carbonyl (C=O) groups is 2. The minimum absolute atomic E-state index is 0.00139. The standard InChI is InChI=1S/C20H27N3O3/c1-2-15-4-3-13(10-21-15)20(25)23-8-7-17-14(11-23)12-26-18(17)9-19(24)22-16-5-6-16/h3-4,10,14,16-18H,2,5-9,11-12H2,1H3,(H,22,24)/t14-,17-,18+/m1/s1. The van der Waals surface area contributed by atoms with Crippen molar-refractivity contribution in [3.05, 3.63) is 29.6 Å². The first-order chi connectivity index (χ1) is 12.6. The third-order valence-corrected chi connectivity index (χ3v) is 5.84. The molecule has 26 heavy (non-hydrogen) atoms. The van der Waals surface area contributed by atoms with Gasteiger partial charge in [0.25, 0.3) is 5.91 Å². The Kier molecular flexibility index (Phi) is 4.94. The van der Waals surface area contributed by atoms with Gasteiger partial charge in [0, 0.05) is 36.9 Å². The summed E-state index contributed by atoms with van der Waals surface area (Å²) in [5, 5.41) is 3.04. The highest BCUT2D eigenvalue weighted by Gasteiger charge is 2.42. The lowest BCUT2D eigenvalue weighted by Crippen LogP contribution is -2.45. The molecule has 3 atom stereocenters. The highest BCUT2D eigenvalue weighted by atomic mass is 16.5. The number of hydrogen-bond donors (Lipinski definition) is 1. The number of fused-ring (bicyclic) bond motifs is 1. The van der Waals surface area contributed by atoms with Crippen LogP contribution in [0.25, 0.3) is 0 Å². The molecule has 1 saturated carbocycles. The van der Waals surface area contributed by atoms with E-state index in [0.29, 0.717) is 43.0 Å². The van der Waals surface area contributed by atoms with Gasteiger partial charge in [0.1, 0.15) is 0 Å². The minimum atomic E-state index is 0.00139. The van der Waals surface area contributed by atoms with Crippen LogP contribution in [0.1, 0.15) is 48.7 Å². The molecule has 2 saturated heterocycles. The van der Waals surface area contributed by atoms with Crippen LogP contribution in [0.5, 0.6) is 0 Å². The number of nitrogens with zero attached hydrogens (tertiary/aromatic N) is 2. The summed E-state index contributed by atoms with van der Waals surface area (Å²) in [6.07, 6.45) is 6.12. The Labute approximate surface area is 154 Å². The molecule has 6 nitrogen and oxygen atoms in total. The quantitative estimate of drug-likeness (QED) is 0.872. The number of rotatable bonds is 5. The lowest BCUT2D eigenvalue weighted by molar-refractivity contribution is -0.123. The second kappa shape index (κ2) is 7.35. The Balaban J connectivity index is 1.33. The molecule has 1 aliphatic carbocycles. The van der Waals surface area contributed by atoms with Gasteiger partial charge in [0.2, 0.25) is 5.91 Å². The average Bonchev–Trinajstić information content (AvgIpc) is 3.39. The van der Waals surface area contributed by atoms with E-state index in [9.17, 15) is 9.59 Å². The highest BCUT2D eigenvalue weighted by molar-refractivity contribution is 5.94. The van der Waals surface area contributed by atoms with Gasteiger partial charge in [-0.2, -0.15) is 0 Å². The zero-order chi connectivity index (χ0) is 18.1. The molecule has 3 fully saturated rings. The van der Waals surface area contributed by atoms with Crippen molar-refractivity contribution >= 4 is 11.8 Å². The molecule has 1 aromatic rings. The van der Waals surface area contributed by atoms with Crippen molar-refractivity contribution in [2.75, 3.05) is 19.7 Å². The second-order valence-electron chi connectivity index (χ2n) is 7.77. The fourth-order valence-electron chi connectivity index (χ4n) is 4.12. The number of nitrogens with one attached hydrogen (secondary N) is 1. The first-order valence-corrected chi connectivity index (χ1v) is 9.79. The summed E-state index contributed by atoms with van der Waals surface area (Å²) in [6, 6.07) is 4.19. The van der Waals surface area contributed by atoms with Crippen LogP contribution in [0.3, 0.4) is 0 Å². The number of piperidine rings is 1. The largest absolute Gasteiger partial charge is 0.377 e. The van der Waals surface area contributed by atoms with Crippen LogP contribution in [0, 0.1) is 11.8 Å². The molecule has 0 spiro atoms. The van der Waals surface area contributed by atoms with Gasteiger partial charge in [-0.3, -0.25) is 14.6 Å². The van der Waals surface area contributed by atoms with E-state index >= 15 is 0 Å². The van der Waals surface area contributed by atoms with Crippen LogP contribution >= 0.6 is 0 Å². The number of aryl methyl sites for hydroxylation is 1. The number of aromatic nitrogens is 1. The Morgan fingerprint density at radius 3 is 2.85 bits per heavy atom. The van der Waals surface area contributed by atoms with Crippen molar-refractivity contribution in [3.8, 4) is 0 Å². The molecule has 2 aliphatic heterocycles. The molecule has 0 radical (unpaired) electrons. The van der Waals surface area contributed by atoms with E-state index in [4.69, 9.17) is 4.74 Å². The first-order valence-electron chi connectivity index (χ1n) is 9.79. The number of carbonyl (C=O) groups excluding carboxylic acids is 2. The lowest BCUT2D eigenvalue weighted by Gasteiger charge is -2.35. The SMILES string of the molecule is CCc1ccc(C(=O)N2CC[C@@H]3[C@@H](CO[C@H]3CC(=O)NC3CC3)C2)cn1. The maximum Gasteiger partial charge on any atom is 0.255 e. The average molecular weight is 357 g/mol. The van der Waals surface area contributed by atoms with Crippen molar-refractivity contribution in [3.63, 3.8) is 0 Å². The topological polar surface area (TPSA) is 71.5 Å². The molecule has 0 unspecified atom stereocenters. The highest BCUT2D eigenvalue weighted by Crippen LogP contribution is 2.36. The van der Waals surface area contributed by atoms with Gasteiger partial charge in [-0.15, -0.1) is 0 Å². The molecule has 1 aromatic heterocycles. The van der Waals surface area contributed by atoms with E-state index in [1.165, 1.54) is 0 Å². The van der Waals surface area contributed by atoms with Gasteiger partial charge in [-0.05, 0) is 43.7 Å². The predicted octanol–water partition coefficient (Wildman–Crippen LogP) is 1.79. The number of amides is 2. The molecular weight excluding hydrogens is 330 g/mol. The van der Waals surface area contributed by atoms with Gasteiger partial charge in [0.05, 0.1) is 24.7 Å². The molecule has 2 amide bonds. The molecule has 4 rings (SSSR count). The molecule has 1 N–H and O–H groups in total. The second-order valence-corrected chi connectivity index (χ2v) is 7.77. The molecular formula is C20H27N3O3. The third kappa shape index (κ3) is 3.75. The lowest BCUT2D eigenvalue weighted by atomic mass is 9.83. The molecule has 0 bridgehead atoms. The van der Waals surface area contributed by atoms with Crippen LogP contribution in [0.4, 0.5) is 0 Å². The fraction of sp³-hybridized carbons (Fsp3) is 0.650. The van der Waals surface area contributed by atoms with Gasteiger partial charge in [-0.25, -0.2) is 0 Å². The van der Waals surface area contributed by atoms with E-state index in [0.717, 1.165) is 37.9 Å². The van der Waals surface area contributed by atoms with Gasteiger partial charge in [0.15, 0.2) is 0 Å². The zero-order valence-corrected chi connectivity index (χ0v) is 15.3. The normalized spacial score (nSPS) is 27.9. The first kappa shape index (κ1) is 17.5. The minimum Gasteiger partial charge on any atom is -0.377 e. The maximum absolute atomic E-state index is 12.8. The summed E-state index contributed by atoms with van der Waals surface area (Å²) >= 11 is 0. The number of ether oxygens (including phenoxy) is 1. The van der Waals surface area contributed by atoms with Crippen molar-refractivity contribution in [2.45, 2.75) is 51.2 Å². The number of pyridine rings is 1. The number of likely N-dealkylation sites (tertiary alicyclic amines) is 1. The summed E-state index contributed by atoms with van der Waals surface area (Å²) in [5.41, 5.74) is 1.65. The summed E-state index contributed by atoms with van der Waals surface area (Å²) < 4.78 is 5.93. The van der Waals surface area contributed by atoms with Crippen molar-refractivity contribution in [1.29, 1.82) is 0 Å². The Morgan fingerprint density at radius 2 is 2.15 bits per heavy atom. The van der Waals surface area contributed by atoms with Crippen molar-refractivity contribution < 1.29 is 14.3 Å². The monoisotopic (exact) mass is 357 g/mol.